The molecule has 4 nitrogen and oxygen atoms in total. The third kappa shape index (κ3) is 1.89. The number of fused-ring (bicyclic) bond motifs is 1. The maximum absolute atomic E-state index is 11.8. The molecule has 0 saturated heterocycles. The summed E-state index contributed by atoms with van der Waals surface area (Å²) in [6.45, 7) is 0. The van der Waals surface area contributed by atoms with Gasteiger partial charge < -0.3 is 4.42 Å². The van der Waals surface area contributed by atoms with Gasteiger partial charge in [0.25, 0.3) is 0 Å². The van der Waals surface area contributed by atoms with E-state index in [1.165, 1.54) is 11.5 Å². The van der Waals surface area contributed by atoms with E-state index in [9.17, 15) is 4.79 Å². The van der Waals surface area contributed by atoms with Crippen LogP contribution in [0.4, 0.5) is 0 Å². The number of aromatic nitrogens is 2. The molecule has 84 valence electrons. The normalized spacial score (nSPS) is 10.9. The molecule has 0 aliphatic heterocycles. The van der Waals surface area contributed by atoms with Gasteiger partial charge in [-0.1, -0.05) is 20.4 Å². The fourth-order valence-corrected chi connectivity index (χ4v) is 2.39. The first-order valence-corrected chi connectivity index (χ1v) is 6.38. The highest BCUT2D eigenvalue weighted by Gasteiger charge is 2.10. The van der Waals surface area contributed by atoms with Gasteiger partial charge in [-0.2, -0.15) is 0 Å². The average molecular weight is 309 g/mol. The summed E-state index contributed by atoms with van der Waals surface area (Å²) in [5, 5.41) is 6.44. The lowest BCUT2D eigenvalue weighted by atomic mass is 10.1. The zero-order valence-corrected chi connectivity index (χ0v) is 10.8. The Morgan fingerprint density at radius 1 is 1.29 bits per heavy atom. The lowest BCUT2D eigenvalue weighted by Gasteiger charge is -1.99. The van der Waals surface area contributed by atoms with Gasteiger partial charge in [-0.15, -0.1) is 5.10 Å². The predicted molar refractivity (Wildman–Crippen MR) is 69.1 cm³/mol. The van der Waals surface area contributed by atoms with Crippen LogP contribution in [0.2, 0.25) is 0 Å². The third-order valence-electron chi connectivity index (χ3n) is 2.33. The van der Waals surface area contributed by atoms with Crippen molar-refractivity contribution < 1.29 is 4.42 Å². The molecule has 3 aromatic rings. The minimum atomic E-state index is -0.396. The van der Waals surface area contributed by atoms with Crippen molar-refractivity contribution in [3.8, 4) is 11.3 Å². The number of hydrogen-bond donors (Lipinski definition) is 0. The Kier molecular flexibility index (Phi) is 2.53. The summed E-state index contributed by atoms with van der Waals surface area (Å²) in [5.41, 5.74) is 1.15. The summed E-state index contributed by atoms with van der Waals surface area (Å²) in [6, 6.07) is 7.24. The van der Waals surface area contributed by atoms with Gasteiger partial charge in [0.15, 0.2) is 0 Å². The van der Waals surface area contributed by atoms with Crippen LogP contribution >= 0.6 is 27.5 Å². The molecule has 6 heteroatoms. The van der Waals surface area contributed by atoms with E-state index in [2.05, 4.69) is 25.5 Å². The van der Waals surface area contributed by atoms with Crippen LogP contribution in [0.15, 0.2) is 43.3 Å². The van der Waals surface area contributed by atoms with Crippen LogP contribution in [0.1, 0.15) is 0 Å². The number of nitrogens with zero attached hydrogens (tertiary/aromatic N) is 2. The van der Waals surface area contributed by atoms with Crippen molar-refractivity contribution in [2.75, 3.05) is 0 Å². The third-order valence-corrected chi connectivity index (χ3v) is 3.33. The predicted octanol–water partition coefficient (Wildman–Crippen LogP) is 3.07. The molecule has 0 saturated carbocycles. The second-order valence-electron chi connectivity index (χ2n) is 3.42. The first kappa shape index (κ1) is 10.6. The van der Waals surface area contributed by atoms with Crippen molar-refractivity contribution in [3.05, 3.63) is 44.5 Å². The van der Waals surface area contributed by atoms with E-state index in [0.29, 0.717) is 16.8 Å². The molecule has 0 unspecified atom stereocenters. The van der Waals surface area contributed by atoms with E-state index >= 15 is 0 Å². The molecular formula is C11H5BrN2O2S. The Morgan fingerprint density at radius 2 is 2.18 bits per heavy atom. The Labute approximate surface area is 108 Å². The number of rotatable bonds is 1. The Hall–Kier alpha value is -1.53. The van der Waals surface area contributed by atoms with Crippen LogP contribution in [0.3, 0.4) is 0 Å². The Bertz CT molecular complexity index is 737. The molecule has 0 bridgehead atoms. The van der Waals surface area contributed by atoms with E-state index in [-0.39, 0.29) is 0 Å². The van der Waals surface area contributed by atoms with Gasteiger partial charge in [0, 0.05) is 15.2 Å². The summed E-state index contributed by atoms with van der Waals surface area (Å²) in [5.74, 6) is 0. The van der Waals surface area contributed by atoms with Crippen LogP contribution in [-0.2, 0) is 0 Å². The average Bonchev–Trinajstić information content (AvgIpc) is 2.82. The van der Waals surface area contributed by atoms with Gasteiger partial charge in [0.1, 0.15) is 11.3 Å². The van der Waals surface area contributed by atoms with Crippen LogP contribution in [0.25, 0.3) is 22.2 Å². The molecule has 0 fully saturated rings. The number of benzene rings is 1. The smallest absolute Gasteiger partial charge is 0.345 e. The number of hydrogen-bond acceptors (Lipinski definition) is 5. The largest absolute Gasteiger partial charge is 0.422 e. The summed E-state index contributed by atoms with van der Waals surface area (Å²) in [6.07, 6.45) is 0. The molecule has 1 aromatic carbocycles. The van der Waals surface area contributed by atoms with E-state index < -0.39 is 5.63 Å². The maximum Gasteiger partial charge on any atom is 0.345 e. The second kappa shape index (κ2) is 4.05. The van der Waals surface area contributed by atoms with Crippen LogP contribution in [0.5, 0.6) is 0 Å². The maximum atomic E-state index is 11.8. The van der Waals surface area contributed by atoms with Gasteiger partial charge in [-0.3, -0.25) is 0 Å². The molecule has 0 N–H and O–H groups in total. The highest BCUT2D eigenvalue weighted by Crippen LogP contribution is 2.22. The SMILES string of the molecule is O=c1oc2ccc(Br)cc2cc1-c1csnn1. The molecule has 0 spiro atoms. The molecular weight excluding hydrogens is 304 g/mol. The topological polar surface area (TPSA) is 56.0 Å². The zero-order chi connectivity index (χ0) is 11.8. The van der Waals surface area contributed by atoms with Crippen LogP contribution < -0.4 is 5.63 Å². The van der Waals surface area contributed by atoms with Crippen LogP contribution in [-0.4, -0.2) is 9.59 Å². The van der Waals surface area contributed by atoms with Crippen molar-refractivity contribution in [2.45, 2.75) is 0 Å². The highest BCUT2D eigenvalue weighted by atomic mass is 79.9. The Balaban J connectivity index is 2.33. The van der Waals surface area contributed by atoms with E-state index in [1.54, 1.807) is 17.5 Å². The lowest BCUT2D eigenvalue weighted by Crippen LogP contribution is -2.02. The summed E-state index contributed by atoms with van der Waals surface area (Å²) in [4.78, 5) is 11.8. The quantitative estimate of drug-likeness (QED) is 0.648. The van der Waals surface area contributed by atoms with E-state index in [4.69, 9.17) is 4.42 Å². The van der Waals surface area contributed by atoms with Crippen molar-refractivity contribution in [1.29, 1.82) is 0 Å². The molecule has 2 heterocycles. The molecule has 0 atom stereocenters. The molecule has 17 heavy (non-hydrogen) atoms. The fraction of sp³-hybridized carbons (Fsp3) is 0. The molecule has 0 radical (unpaired) electrons. The highest BCUT2D eigenvalue weighted by molar-refractivity contribution is 9.10. The van der Waals surface area contributed by atoms with Gasteiger partial charge in [0.05, 0.1) is 5.56 Å². The van der Waals surface area contributed by atoms with E-state index in [1.807, 2.05) is 12.1 Å². The monoisotopic (exact) mass is 308 g/mol. The molecule has 0 aliphatic carbocycles. The molecule has 3 rings (SSSR count). The Morgan fingerprint density at radius 3 is 2.94 bits per heavy atom. The minimum absolute atomic E-state index is 0.396. The zero-order valence-electron chi connectivity index (χ0n) is 8.38. The van der Waals surface area contributed by atoms with Crippen molar-refractivity contribution >= 4 is 38.4 Å². The lowest BCUT2D eigenvalue weighted by molar-refractivity contribution is 0.563. The van der Waals surface area contributed by atoms with Crippen molar-refractivity contribution in [3.63, 3.8) is 0 Å². The first-order valence-electron chi connectivity index (χ1n) is 4.75. The molecule has 2 aromatic heterocycles. The van der Waals surface area contributed by atoms with Crippen molar-refractivity contribution in [1.82, 2.24) is 9.59 Å². The summed E-state index contributed by atoms with van der Waals surface area (Å²) in [7, 11) is 0. The standard InChI is InChI=1S/C11H5BrN2O2S/c12-7-1-2-10-6(3-7)4-8(11(15)16-10)9-5-17-14-13-9/h1-5H. The van der Waals surface area contributed by atoms with Crippen LogP contribution in [0, 0.1) is 0 Å². The van der Waals surface area contributed by atoms with Crippen molar-refractivity contribution in [2.24, 2.45) is 0 Å². The fourth-order valence-electron chi connectivity index (χ4n) is 1.55. The summed E-state index contributed by atoms with van der Waals surface area (Å²) < 4.78 is 9.90. The number of halogens is 1. The second-order valence-corrected chi connectivity index (χ2v) is 4.95. The molecule has 0 aliphatic rings. The summed E-state index contributed by atoms with van der Waals surface area (Å²) >= 11 is 4.58. The first-order chi connectivity index (χ1) is 8.24. The van der Waals surface area contributed by atoms with E-state index in [0.717, 1.165) is 9.86 Å². The molecule has 0 amide bonds. The van der Waals surface area contributed by atoms with Gasteiger partial charge >= 0.3 is 5.63 Å². The van der Waals surface area contributed by atoms with Gasteiger partial charge in [-0.25, -0.2) is 4.79 Å². The van der Waals surface area contributed by atoms with Gasteiger partial charge in [0.2, 0.25) is 0 Å². The minimum Gasteiger partial charge on any atom is -0.422 e. The van der Waals surface area contributed by atoms with Gasteiger partial charge in [-0.05, 0) is 35.8 Å².